The Morgan fingerprint density at radius 2 is 1.98 bits per heavy atom. The van der Waals surface area contributed by atoms with E-state index in [1.165, 1.54) is 41.0 Å². The first-order valence-electron chi connectivity index (χ1n) is 12.7. The first-order chi connectivity index (χ1) is 19.0. The molecule has 0 saturated heterocycles. The number of nitrogens with zero attached hydrogens (tertiary/aromatic N) is 3. The molecule has 2 aliphatic rings. The highest BCUT2D eigenvalue weighted by atomic mass is 35.5. The van der Waals surface area contributed by atoms with Gasteiger partial charge in [-0.05, 0) is 50.7 Å². The Morgan fingerprint density at radius 1 is 1.25 bits per heavy atom. The zero-order valence-electron chi connectivity index (χ0n) is 22.2. The van der Waals surface area contributed by atoms with E-state index < -0.39 is 39.9 Å². The van der Waals surface area contributed by atoms with Crippen molar-refractivity contribution >= 4 is 50.7 Å². The Kier molecular flexibility index (Phi) is 9.60. The molecule has 0 amide bonds. The molecule has 1 aromatic carbocycles. The molecule has 1 unspecified atom stereocenters. The first kappa shape index (κ1) is 30.1. The van der Waals surface area contributed by atoms with Gasteiger partial charge < -0.3 is 14.8 Å². The fourth-order valence-corrected chi connectivity index (χ4v) is 7.07. The van der Waals surface area contributed by atoms with Gasteiger partial charge in [-0.3, -0.25) is 9.79 Å². The molecule has 0 bridgehead atoms. The third-order valence-electron chi connectivity index (χ3n) is 6.90. The SMILES string of the molecule is CCOC(=O)CN([C@H]1CC[C@H](C2=C(C(=O)OC)C(c3ccc(F)cc3Cl)N=C(c3nccs3)N2)CC1)S(C)(=O)=O. The first-order valence-corrected chi connectivity index (χ1v) is 15.8. The van der Waals surface area contributed by atoms with Gasteiger partial charge in [-0.25, -0.2) is 22.6 Å². The third-order valence-corrected chi connectivity index (χ3v) is 9.29. The molecular weight excluding hydrogens is 583 g/mol. The maximum absolute atomic E-state index is 13.9. The Hall–Kier alpha value is -2.87. The molecule has 1 aliphatic heterocycles. The summed E-state index contributed by atoms with van der Waals surface area (Å²) >= 11 is 7.79. The van der Waals surface area contributed by atoms with Crippen LogP contribution < -0.4 is 5.32 Å². The molecule has 1 fully saturated rings. The minimum atomic E-state index is -3.68. The molecule has 0 radical (unpaired) electrons. The van der Waals surface area contributed by atoms with Gasteiger partial charge in [-0.15, -0.1) is 11.3 Å². The molecule has 1 aliphatic carbocycles. The Morgan fingerprint density at radius 3 is 2.55 bits per heavy atom. The van der Waals surface area contributed by atoms with E-state index in [0.29, 0.717) is 47.8 Å². The van der Waals surface area contributed by atoms with Gasteiger partial charge in [0.1, 0.15) is 18.4 Å². The molecule has 14 heteroatoms. The monoisotopic (exact) mass is 612 g/mol. The van der Waals surface area contributed by atoms with Crippen molar-refractivity contribution in [3.63, 3.8) is 0 Å². The molecular formula is C26H30ClFN4O6S2. The zero-order valence-corrected chi connectivity index (χ0v) is 24.6. The van der Waals surface area contributed by atoms with Crippen molar-refractivity contribution in [1.82, 2.24) is 14.6 Å². The fourth-order valence-electron chi connectivity index (χ4n) is 5.12. The van der Waals surface area contributed by atoms with E-state index >= 15 is 0 Å². The number of hydrogen-bond acceptors (Lipinski definition) is 10. The third kappa shape index (κ3) is 6.70. The van der Waals surface area contributed by atoms with Crippen LogP contribution in [0.25, 0.3) is 0 Å². The van der Waals surface area contributed by atoms with Gasteiger partial charge in [0.05, 0.1) is 25.5 Å². The summed E-state index contributed by atoms with van der Waals surface area (Å²) in [5.74, 6) is -1.50. The van der Waals surface area contributed by atoms with E-state index in [2.05, 4.69) is 10.3 Å². The summed E-state index contributed by atoms with van der Waals surface area (Å²) in [4.78, 5) is 34.4. The minimum Gasteiger partial charge on any atom is -0.466 e. The van der Waals surface area contributed by atoms with Gasteiger partial charge in [0.2, 0.25) is 10.0 Å². The lowest BCUT2D eigenvalue weighted by atomic mass is 9.80. The predicted molar refractivity (Wildman–Crippen MR) is 149 cm³/mol. The van der Waals surface area contributed by atoms with E-state index in [9.17, 15) is 22.4 Å². The predicted octanol–water partition coefficient (Wildman–Crippen LogP) is 3.84. The molecule has 1 atom stereocenters. The van der Waals surface area contributed by atoms with Crippen LogP contribution >= 0.6 is 22.9 Å². The second-order valence-electron chi connectivity index (χ2n) is 9.45. The molecule has 0 spiro atoms. The second kappa shape index (κ2) is 12.8. The minimum absolute atomic E-state index is 0.112. The number of nitrogens with one attached hydrogen (secondary N) is 1. The standard InChI is InChI=1S/C26H30ClFN4O6S2/c1-4-38-20(33)14-32(40(3,35)36)17-8-5-15(6-9-17)22-21(26(34)37-2)23(18-10-7-16(28)13-19(18)27)31-24(30-22)25-29-11-12-39-25/h7,10-13,15,17,23H,4-6,8-9,14H2,1-3H3,(H,30,31)/t15-,17-,23?. The maximum Gasteiger partial charge on any atom is 0.338 e. The number of aliphatic imine (C=N–C) groups is 1. The molecule has 1 saturated carbocycles. The van der Waals surface area contributed by atoms with Crippen LogP contribution in [0, 0.1) is 11.7 Å². The normalized spacial score (nSPS) is 21.6. The molecule has 1 aromatic heterocycles. The highest BCUT2D eigenvalue weighted by Crippen LogP contribution is 2.41. The lowest BCUT2D eigenvalue weighted by molar-refractivity contribution is -0.143. The van der Waals surface area contributed by atoms with E-state index in [1.807, 2.05) is 0 Å². The quantitative estimate of drug-likeness (QED) is 0.423. The number of carbonyl (C=O) groups is 2. The molecule has 2 heterocycles. The van der Waals surface area contributed by atoms with Gasteiger partial charge in [0.25, 0.3) is 0 Å². The lowest BCUT2D eigenvalue weighted by Crippen LogP contribution is -2.46. The van der Waals surface area contributed by atoms with Gasteiger partial charge in [0.15, 0.2) is 10.8 Å². The number of thiazole rings is 1. The summed E-state index contributed by atoms with van der Waals surface area (Å²) in [5.41, 5.74) is 1.25. The molecule has 4 rings (SSSR count). The van der Waals surface area contributed by atoms with Crippen molar-refractivity contribution < 1.29 is 31.9 Å². The number of methoxy groups -OCH3 is 1. The number of sulfonamides is 1. The number of amidine groups is 1. The van der Waals surface area contributed by atoms with Crippen molar-refractivity contribution in [2.45, 2.75) is 44.7 Å². The average Bonchev–Trinajstić information content (AvgIpc) is 3.46. The Bertz CT molecular complexity index is 1420. The number of rotatable bonds is 9. The van der Waals surface area contributed by atoms with E-state index in [0.717, 1.165) is 6.26 Å². The summed E-state index contributed by atoms with van der Waals surface area (Å²) < 4.78 is 50.3. The number of esters is 2. The Balaban J connectivity index is 1.70. The van der Waals surface area contributed by atoms with Crippen molar-refractivity contribution in [3.8, 4) is 0 Å². The zero-order chi connectivity index (χ0) is 29.0. The second-order valence-corrected chi connectivity index (χ2v) is 12.7. The van der Waals surface area contributed by atoms with Crippen LogP contribution in [0.1, 0.15) is 49.2 Å². The van der Waals surface area contributed by atoms with Crippen LogP contribution in [-0.4, -0.2) is 68.0 Å². The summed E-state index contributed by atoms with van der Waals surface area (Å²) in [5, 5.41) is 5.80. The Labute approximate surface area is 241 Å². The number of ether oxygens (including phenoxy) is 2. The van der Waals surface area contributed by atoms with Crippen molar-refractivity contribution in [2.75, 3.05) is 26.5 Å². The molecule has 1 N–H and O–H groups in total. The highest BCUT2D eigenvalue weighted by molar-refractivity contribution is 7.88. The number of halogens is 2. The van der Waals surface area contributed by atoms with Gasteiger partial charge in [-0.2, -0.15) is 4.31 Å². The molecule has 10 nitrogen and oxygen atoms in total. The summed E-state index contributed by atoms with van der Waals surface area (Å²) in [6.45, 7) is 1.46. The molecule has 40 heavy (non-hydrogen) atoms. The average molecular weight is 613 g/mol. The largest absolute Gasteiger partial charge is 0.466 e. The molecule has 216 valence electrons. The van der Waals surface area contributed by atoms with E-state index in [-0.39, 0.29) is 29.7 Å². The molecule has 2 aromatic rings. The maximum atomic E-state index is 13.9. The van der Waals surface area contributed by atoms with Crippen LogP contribution in [0.4, 0.5) is 4.39 Å². The van der Waals surface area contributed by atoms with Crippen molar-refractivity contribution in [2.24, 2.45) is 10.9 Å². The van der Waals surface area contributed by atoms with Crippen LogP contribution in [0.2, 0.25) is 5.02 Å². The van der Waals surface area contributed by atoms with Crippen LogP contribution in [0.5, 0.6) is 0 Å². The lowest BCUT2D eigenvalue weighted by Gasteiger charge is -2.38. The number of aromatic nitrogens is 1. The topological polar surface area (TPSA) is 127 Å². The van der Waals surface area contributed by atoms with Crippen molar-refractivity contribution in [3.05, 3.63) is 62.5 Å². The number of allylic oxidation sites excluding steroid dienone is 1. The smallest absolute Gasteiger partial charge is 0.338 e. The van der Waals surface area contributed by atoms with E-state index in [4.69, 9.17) is 26.1 Å². The number of benzene rings is 1. The van der Waals surface area contributed by atoms with Crippen LogP contribution in [0.3, 0.4) is 0 Å². The van der Waals surface area contributed by atoms with Crippen LogP contribution in [-0.2, 0) is 29.1 Å². The van der Waals surface area contributed by atoms with Crippen molar-refractivity contribution in [1.29, 1.82) is 0 Å². The van der Waals surface area contributed by atoms with E-state index in [1.54, 1.807) is 18.5 Å². The number of carbonyl (C=O) groups excluding carboxylic acids is 2. The summed E-state index contributed by atoms with van der Waals surface area (Å²) in [7, 11) is -2.41. The van der Waals surface area contributed by atoms with Gasteiger partial charge in [-0.1, -0.05) is 17.7 Å². The van der Waals surface area contributed by atoms with Gasteiger partial charge >= 0.3 is 11.9 Å². The fraction of sp³-hybridized carbons (Fsp3) is 0.462. The summed E-state index contributed by atoms with van der Waals surface area (Å²) in [6.07, 6.45) is 4.63. The highest BCUT2D eigenvalue weighted by Gasteiger charge is 2.39. The summed E-state index contributed by atoms with van der Waals surface area (Å²) in [6, 6.07) is 2.62. The number of hydrogen-bond donors (Lipinski definition) is 1. The van der Waals surface area contributed by atoms with Crippen LogP contribution in [0.15, 0.2) is 46.0 Å². The van der Waals surface area contributed by atoms with Gasteiger partial charge in [0, 0.05) is 33.9 Å².